The Morgan fingerprint density at radius 2 is 1.95 bits per heavy atom. The molecule has 0 saturated heterocycles. The van der Waals surface area contributed by atoms with Crippen molar-refractivity contribution >= 4 is 11.3 Å². The predicted octanol–water partition coefficient (Wildman–Crippen LogP) is 5.16. The van der Waals surface area contributed by atoms with Gasteiger partial charge in [0.1, 0.15) is 0 Å². The zero-order chi connectivity index (χ0) is 14.8. The minimum absolute atomic E-state index is 0.0166. The third-order valence-corrected chi connectivity index (χ3v) is 5.05. The summed E-state index contributed by atoms with van der Waals surface area (Å²) in [7, 11) is 0. The first kappa shape index (κ1) is 15.8. The van der Waals surface area contributed by atoms with E-state index in [1.807, 2.05) is 17.5 Å². The molecule has 1 aromatic heterocycles. The molecule has 2 rings (SSSR count). The van der Waals surface area contributed by atoms with Gasteiger partial charge in [0.2, 0.25) is 0 Å². The Bertz CT molecular complexity index is 400. The van der Waals surface area contributed by atoms with E-state index in [4.69, 9.17) is 0 Å². The number of hydrogen-bond donors (Lipinski definition) is 1. The molecular weight excluding hydrogens is 283 g/mol. The monoisotopic (exact) mass is 305 g/mol. The van der Waals surface area contributed by atoms with Crippen molar-refractivity contribution in [2.45, 2.75) is 57.8 Å². The number of alkyl halides is 3. The molecule has 0 spiro atoms. The first-order chi connectivity index (χ1) is 9.39. The summed E-state index contributed by atoms with van der Waals surface area (Å²) in [5.41, 5.74) is 0. The normalized spacial score (nSPS) is 25.9. The standard InChI is InChI=1S/C15H22F3NS/c1-10(2)14(13-8-5-9-20-13)19-12-7-4-3-6-11(12)15(16,17)18/h5,8-12,14,19H,3-4,6-7H2,1-2H3. The van der Waals surface area contributed by atoms with Crippen LogP contribution in [-0.2, 0) is 0 Å². The van der Waals surface area contributed by atoms with E-state index in [0.717, 1.165) is 11.3 Å². The summed E-state index contributed by atoms with van der Waals surface area (Å²) in [4.78, 5) is 1.13. The Hall–Kier alpha value is -0.550. The van der Waals surface area contributed by atoms with Crippen LogP contribution in [-0.4, -0.2) is 12.2 Å². The molecule has 1 aromatic rings. The molecule has 114 valence electrons. The number of rotatable bonds is 4. The lowest BCUT2D eigenvalue weighted by Crippen LogP contribution is -2.47. The fraction of sp³-hybridized carbons (Fsp3) is 0.733. The molecule has 1 nitrogen and oxygen atoms in total. The summed E-state index contributed by atoms with van der Waals surface area (Å²) < 4.78 is 39.4. The van der Waals surface area contributed by atoms with Gasteiger partial charge in [0.25, 0.3) is 0 Å². The molecule has 0 aliphatic heterocycles. The maximum atomic E-state index is 13.1. The molecule has 5 heteroatoms. The fourth-order valence-corrected chi connectivity index (χ4v) is 3.98. The van der Waals surface area contributed by atoms with E-state index in [1.165, 1.54) is 0 Å². The van der Waals surface area contributed by atoms with E-state index in [2.05, 4.69) is 19.2 Å². The summed E-state index contributed by atoms with van der Waals surface area (Å²) >= 11 is 1.61. The van der Waals surface area contributed by atoms with Crippen molar-refractivity contribution in [1.82, 2.24) is 5.32 Å². The minimum Gasteiger partial charge on any atom is -0.306 e. The van der Waals surface area contributed by atoms with Crippen LogP contribution in [0.1, 0.15) is 50.4 Å². The highest BCUT2D eigenvalue weighted by Crippen LogP contribution is 2.39. The van der Waals surface area contributed by atoms with Crippen LogP contribution in [0.3, 0.4) is 0 Å². The largest absolute Gasteiger partial charge is 0.393 e. The highest BCUT2D eigenvalue weighted by Gasteiger charge is 2.46. The minimum atomic E-state index is -4.09. The smallest absolute Gasteiger partial charge is 0.306 e. The van der Waals surface area contributed by atoms with Gasteiger partial charge in [0, 0.05) is 17.0 Å². The van der Waals surface area contributed by atoms with Crippen molar-refractivity contribution < 1.29 is 13.2 Å². The molecule has 0 aromatic carbocycles. The summed E-state index contributed by atoms with van der Waals surface area (Å²) in [6, 6.07) is 3.54. The molecule has 0 amide bonds. The second-order valence-electron chi connectivity index (χ2n) is 5.94. The molecule has 1 saturated carbocycles. The highest BCUT2D eigenvalue weighted by atomic mass is 32.1. The highest BCUT2D eigenvalue weighted by molar-refractivity contribution is 7.10. The molecular formula is C15H22F3NS. The van der Waals surface area contributed by atoms with Crippen LogP contribution in [0.15, 0.2) is 17.5 Å². The van der Waals surface area contributed by atoms with Gasteiger partial charge in [-0.2, -0.15) is 13.2 Å². The molecule has 1 N–H and O–H groups in total. The Morgan fingerprint density at radius 1 is 1.25 bits per heavy atom. The molecule has 3 unspecified atom stereocenters. The summed E-state index contributed by atoms with van der Waals surface area (Å²) in [5, 5.41) is 5.29. The average Bonchev–Trinajstić information content (AvgIpc) is 2.88. The average molecular weight is 305 g/mol. The summed E-state index contributed by atoms with van der Waals surface area (Å²) in [6.07, 6.45) is -1.63. The number of nitrogens with one attached hydrogen (secondary N) is 1. The van der Waals surface area contributed by atoms with Crippen molar-refractivity contribution in [2.24, 2.45) is 11.8 Å². The van der Waals surface area contributed by atoms with E-state index in [9.17, 15) is 13.2 Å². The van der Waals surface area contributed by atoms with Crippen LogP contribution in [0.4, 0.5) is 13.2 Å². The zero-order valence-corrected chi connectivity index (χ0v) is 12.7. The maximum Gasteiger partial charge on any atom is 0.393 e. The van der Waals surface area contributed by atoms with Crippen LogP contribution in [0.5, 0.6) is 0 Å². The second kappa shape index (κ2) is 6.48. The van der Waals surface area contributed by atoms with E-state index < -0.39 is 18.1 Å². The van der Waals surface area contributed by atoms with Crippen molar-refractivity contribution in [3.05, 3.63) is 22.4 Å². The third-order valence-electron chi connectivity index (χ3n) is 4.10. The zero-order valence-electron chi connectivity index (χ0n) is 11.9. The van der Waals surface area contributed by atoms with Crippen molar-refractivity contribution in [2.75, 3.05) is 0 Å². The van der Waals surface area contributed by atoms with Gasteiger partial charge in [-0.15, -0.1) is 11.3 Å². The first-order valence-corrected chi connectivity index (χ1v) is 8.13. The van der Waals surface area contributed by atoms with Crippen LogP contribution in [0, 0.1) is 11.8 Å². The van der Waals surface area contributed by atoms with E-state index in [-0.39, 0.29) is 18.4 Å². The predicted molar refractivity (Wildman–Crippen MR) is 76.8 cm³/mol. The fourth-order valence-electron chi connectivity index (χ4n) is 3.02. The Labute approximate surface area is 122 Å². The maximum absolute atomic E-state index is 13.1. The van der Waals surface area contributed by atoms with Crippen molar-refractivity contribution in [3.8, 4) is 0 Å². The summed E-state index contributed by atoms with van der Waals surface area (Å²) in [6.45, 7) is 4.12. The van der Waals surface area contributed by atoms with E-state index in [1.54, 1.807) is 11.3 Å². The topological polar surface area (TPSA) is 12.0 Å². The third kappa shape index (κ3) is 3.76. The van der Waals surface area contributed by atoms with Crippen molar-refractivity contribution in [3.63, 3.8) is 0 Å². The SMILES string of the molecule is CC(C)C(NC1CCCCC1C(F)(F)F)c1cccs1. The van der Waals surface area contributed by atoms with E-state index >= 15 is 0 Å². The molecule has 20 heavy (non-hydrogen) atoms. The van der Waals surface area contributed by atoms with Crippen LogP contribution >= 0.6 is 11.3 Å². The van der Waals surface area contributed by atoms with Gasteiger partial charge < -0.3 is 5.32 Å². The van der Waals surface area contributed by atoms with E-state index in [0.29, 0.717) is 12.8 Å². The molecule has 3 atom stereocenters. The van der Waals surface area contributed by atoms with Gasteiger partial charge in [-0.25, -0.2) is 0 Å². The summed E-state index contributed by atoms with van der Waals surface area (Å²) in [5.74, 6) is -0.915. The first-order valence-electron chi connectivity index (χ1n) is 7.25. The quantitative estimate of drug-likeness (QED) is 0.810. The Kier molecular flexibility index (Phi) is 5.13. The molecule has 1 aliphatic rings. The number of hydrogen-bond acceptors (Lipinski definition) is 2. The van der Waals surface area contributed by atoms with Crippen LogP contribution in [0.25, 0.3) is 0 Å². The number of thiophene rings is 1. The Morgan fingerprint density at radius 3 is 2.50 bits per heavy atom. The van der Waals surface area contributed by atoms with Gasteiger partial charge in [-0.1, -0.05) is 32.8 Å². The van der Waals surface area contributed by atoms with Gasteiger partial charge >= 0.3 is 6.18 Å². The van der Waals surface area contributed by atoms with Crippen molar-refractivity contribution in [1.29, 1.82) is 0 Å². The van der Waals surface area contributed by atoms with Crippen LogP contribution in [0.2, 0.25) is 0 Å². The lowest BCUT2D eigenvalue weighted by Gasteiger charge is -2.37. The van der Waals surface area contributed by atoms with Gasteiger partial charge in [0.05, 0.1) is 5.92 Å². The number of halogens is 3. The lowest BCUT2D eigenvalue weighted by molar-refractivity contribution is -0.189. The molecule has 0 bridgehead atoms. The lowest BCUT2D eigenvalue weighted by atomic mass is 9.83. The van der Waals surface area contributed by atoms with Crippen LogP contribution < -0.4 is 5.32 Å². The molecule has 0 radical (unpaired) electrons. The molecule has 1 aliphatic carbocycles. The molecule has 1 fully saturated rings. The second-order valence-corrected chi connectivity index (χ2v) is 6.92. The van der Waals surface area contributed by atoms with Gasteiger partial charge in [-0.05, 0) is 30.2 Å². The van der Waals surface area contributed by atoms with Gasteiger partial charge in [0.15, 0.2) is 0 Å². The van der Waals surface area contributed by atoms with Gasteiger partial charge in [-0.3, -0.25) is 0 Å². The molecule has 1 heterocycles. The Balaban J connectivity index is 2.12.